The summed E-state index contributed by atoms with van der Waals surface area (Å²) in [6.45, 7) is 2.65. The molecule has 0 amide bonds. The quantitative estimate of drug-likeness (QED) is 0.810. The number of amidine groups is 1. The lowest BCUT2D eigenvalue weighted by Gasteiger charge is -2.04. The Hall–Kier alpha value is -1.40. The lowest BCUT2D eigenvalue weighted by atomic mass is 10.1. The Balaban J connectivity index is 1.88. The van der Waals surface area contributed by atoms with Gasteiger partial charge in [0.05, 0.1) is 4.90 Å². The van der Waals surface area contributed by atoms with E-state index >= 15 is 0 Å². The van der Waals surface area contributed by atoms with Crippen molar-refractivity contribution in [3.05, 3.63) is 29.8 Å². The van der Waals surface area contributed by atoms with Gasteiger partial charge in [-0.05, 0) is 37.6 Å². The lowest BCUT2D eigenvalue weighted by Crippen LogP contribution is -2.23. The van der Waals surface area contributed by atoms with Crippen LogP contribution in [0.1, 0.15) is 12.0 Å². The molecule has 96 valence electrons. The summed E-state index contributed by atoms with van der Waals surface area (Å²) in [5.74, 6) is 0.993. The maximum atomic E-state index is 11.9. The molecule has 1 atom stereocenters. The minimum atomic E-state index is -3.40. The molecule has 2 N–H and O–H groups in total. The molecular formula is C12H15N3O2S. The topological polar surface area (TPSA) is 70.6 Å². The van der Waals surface area contributed by atoms with Crippen LogP contribution in [0, 0.1) is 5.92 Å². The number of nitrogens with one attached hydrogen (secondary N) is 2. The second kappa shape index (κ2) is 4.37. The average molecular weight is 265 g/mol. The van der Waals surface area contributed by atoms with Gasteiger partial charge in [0.25, 0.3) is 10.0 Å². The molecule has 1 aromatic rings. The van der Waals surface area contributed by atoms with Crippen LogP contribution in [0.25, 0.3) is 0 Å². The van der Waals surface area contributed by atoms with Crippen molar-refractivity contribution >= 4 is 15.9 Å². The van der Waals surface area contributed by atoms with Crippen LogP contribution in [0.5, 0.6) is 0 Å². The van der Waals surface area contributed by atoms with Crippen LogP contribution in [-0.2, 0) is 10.0 Å². The molecule has 0 spiro atoms. The largest absolute Gasteiger partial charge is 0.316 e. The molecule has 0 saturated carbocycles. The zero-order valence-corrected chi connectivity index (χ0v) is 10.7. The second-order valence-electron chi connectivity index (χ2n) is 4.65. The van der Waals surface area contributed by atoms with Crippen LogP contribution < -0.4 is 10.0 Å². The molecule has 0 aromatic heterocycles. The molecule has 0 unspecified atom stereocenters. The lowest BCUT2D eigenvalue weighted by molar-refractivity contribution is 0.592. The first-order valence-corrected chi connectivity index (χ1v) is 7.52. The Kier molecular flexibility index (Phi) is 2.83. The van der Waals surface area contributed by atoms with Crippen LogP contribution >= 0.6 is 0 Å². The van der Waals surface area contributed by atoms with Gasteiger partial charge in [-0.3, -0.25) is 9.71 Å². The number of rotatable bonds is 2. The molecule has 3 rings (SSSR count). The number of sulfonamides is 1. The summed E-state index contributed by atoms with van der Waals surface area (Å²) in [6, 6.07) is 6.95. The molecule has 2 heterocycles. The van der Waals surface area contributed by atoms with Gasteiger partial charge in [0.1, 0.15) is 5.84 Å². The maximum Gasteiger partial charge on any atom is 0.263 e. The maximum absolute atomic E-state index is 11.9. The first-order valence-electron chi connectivity index (χ1n) is 6.04. The third-order valence-electron chi connectivity index (χ3n) is 3.33. The fourth-order valence-electron chi connectivity index (χ4n) is 2.34. The van der Waals surface area contributed by atoms with Gasteiger partial charge in [-0.2, -0.15) is 0 Å². The van der Waals surface area contributed by atoms with Crippen molar-refractivity contribution in [2.24, 2.45) is 10.9 Å². The predicted molar refractivity (Wildman–Crippen MR) is 69.1 cm³/mol. The van der Waals surface area contributed by atoms with Gasteiger partial charge in [-0.15, -0.1) is 0 Å². The van der Waals surface area contributed by atoms with Gasteiger partial charge in [0.2, 0.25) is 0 Å². The summed E-state index contributed by atoms with van der Waals surface area (Å²) in [5, 5.41) is 3.28. The van der Waals surface area contributed by atoms with Gasteiger partial charge in [0.15, 0.2) is 0 Å². The Labute approximate surface area is 106 Å². The highest BCUT2D eigenvalue weighted by atomic mass is 32.2. The third-order valence-corrected chi connectivity index (χ3v) is 4.73. The number of benzene rings is 1. The van der Waals surface area contributed by atoms with E-state index in [0.29, 0.717) is 28.8 Å². The van der Waals surface area contributed by atoms with Crippen molar-refractivity contribution in [3.8, 4) is 0 Å². The number of fused-ring (bicyclic) bond motifs is 1. The molecule has 0 radical (unpaired) electrons. The van der Waals surface area contributed by atoms with Crippen LogP contribution in [0.4, 0.5) is 0 Å². The van der Waals surface area contributed by atoms with Crippen LogP contribution in [0.15, 0.2) is 34.2 Å². The first kappa shape index (κ1) is 11.7. The standard InChI is InChI=1S/C12H15N3O2S/c16-18(17)11-4-2-1-3-10(11)12(15-18)14-8-9-5-6-13-7-9/h1-4,9,13H,5-8H2,(H,14,15)/t9-/m0/s1. The van der Waals surface area contributed by atoms with E-state index in [4.69, 9.17) is 0 Å². The van der Waals surface area contributed by atoms with E-state index in [1.54, 1.807) is 18.2 Å². The van der Waals surface area contributed by atoms with E-state index in [0.717, 1.165) is 19.5 Å². The van der Waals surface area contributed by atoms with Crippen LogP contribution in [-0.4, -0.2) is 33.9 Å². The van der Waals surface area contributed by atoms with E-state index in [1.165, 1.54) is 0 Å². The fraction of sp³-hybridized carbons (Fsp3) is 0.417. The fourth-order valence-corrected chi connectivity index (χ4v) is 3.59. The summed E-state index contributed by atoms with van der Waals surface area (Å²) in [6.07, 6.45) is 1.10. The zero-order chi connectivity index (χ0) is 12.6. The van der Waals surface area contributed by atoms with Crippen molar-refractivity contribution in [1.29, 1.82) is 0 Å². The van der Waals surface area contributed by atoms with Gasteiger partial charge in [-0.1, -0.05) is 12.1 Å². The third kappa shape index (κ3) is 2.02. The van der Waals surface area contributed by atoms with E-state index in [1.807, 2.05) is 6.07 Å². The minimum Gasteiger partial charge on any atom is -0.316 e. The number of aliphatic imine (C=N–C) groups is 1. The highest BCUT2D eigenvalue weighted by Gasteiger charge is 2.30. The summed E-state index contributed by atoms with van der Waals surface area (Å²) in [5.41, 5.74) is 0.684. The Morgan fingerprint density at radius 2 is 2.17 bits per heavy atom. The SMILES string of the molecule is O=S1(=O)NC(=NC[C@H]2CCNC2)c2ccccc21. The van der Waals surface area contributed by atoms with Crippen molar-refractivity contribution in [2.75, 3.05) is 19.6 Å². The summed E-state index contributed by atoms with van der Waals surface area (Å²) < 4.78 is 26.2. The second-order valence-corrected chi connectivity index (χ2v) is 6.30. The Morgan fingerprint density at radius 3 is 2.94 bits per heavy atom. The molecule has 0 aliphatic carbocycles. The van der Waals surface area contributed by atoms with Gasteiger partial charge in [0, 0.05) is 12.1 Å². The molecule has 18 heavy (non-hydrogen) atoms. The zero-order valence-electron chi connectivity index (χ0n) is 9.89. The Bertz CT molecular complexity index is 589. The smallest absolute Gasteiger partial charge is 0.263 e. The molecular weight excluding hydrogens is 250 g/mol. The van der Waals surface area contributed by atoms with Gasteiger partial charge in [-0.25, -0.2) is 8.42 Å². The minimum absolute atomic E-state index is 0.327. The Morgan fingerprint density at radius 1 is 1.33 bits per heavy atom. The van der Waals surface area contributed by atoms with Crippen LogP contribution in [0.3, 0.4) is 0 Å². The molecule has 2 aliphatic heterocycles. The molecule has 6 heteroatoms. The highest BCUT2D eigenvalue weighted by Crippen LogP contribution is 2.22. The molecule has 1 aromatic carbocycles. The van der Waals surface area contributed by atoms with Crippen molar-refractivity contribution < 1.29 is 8.42 Å². The van der Waals surface area contributed by atoms with E-state index in [2.05, 4.69) is 15.0 Å². The average Bonchev–Trinajstić information content (AvgIpc) is 2.95. The number of hydrogen-bond donors (Lipinski definition) is 2. The van der Waals surface area contributed by atoms with Crippen molar-refractivity contribution in [1.82, 2.24) is 10.0 Å². The monoisotopic (exact) mass is 265 g/mol. The van der Waals surface area contributed by atoms with E-state index in [9.17, 15) is 8.42 Å². The first-order chi connectivity index (χ1) is 8.67. The van der Waals surface area contributed by atoms with Gasteiger partial charge >= 0.3 is 0 Å². The van der Waals surface area contributed by atoms with Crippen molar-refractivity contribution in [3.63, 3.8) is 0 Å². The molecule has 5 nitrogen and oxygen atoms in total. The van der Waals surface area contributed by atoms with E-state index < -0.39 is 10.0 Å². The number of nitrogens with zero attached hydrogens (tertiary/aromatic N) is 1. The molecule has 1 fully saturated rings. The predicted octanol–water partition coefficient (Wildman–Crippen LogP) is 0.335. The summed E-state index contributed by atoms with van der Waals surface area (Å²) >= 11 is 0. The van der Waals surface area contributed by atoms with E-state index in [-0.39, 0.29) is 0 Å². The van der Waals surface area contributed by atoms with Gasteiger partial charge < -0.3 is 5.32 Å². The molecule has 2 aliphatic rings. The summed E-state index contributed by atoms with van der Waals surface area (Å²) in [4.78, 5) is 4.76. The molecule has 1 saturated heterocycles. The highest BCUT2D eigenvalue weighted by molar-refractivity contribution is 7.90. The van der Waals surface area contributed by atoms with Crippen LogP contribution in [0.2, 0.25) is 0 Å². The normalized spacial score (nSPS) is 27.1. The summed E-state index contributed by atoms with van der Waals surface area (Å²) in [7, 11) is -3.40. The number of hydrogen-bond acceptors (Lipinski definition) is 4. The van der Waals surface area contributed by atoms with Crippen molar-refractivity contribution in [2.45, 2.75) is 11.3 Å². The molecule has 0 bridgehead atoms.